The minimum atomic E-state index is -1.42. The summed E-state index contributed by atoms with van der Waals surface area (Å²) < 4.78 is 16.8. The maximum absolute atomic E-state index is 8.40. The molecule has 0 fully saturated rings. The third kappa shape index (κ3) is 14600. The molecule has 0 bridgehead atoms. The Morgan fingerprint density at radius 2 is 1.20 bits per heavy atom. The van der Waals surface area contributed by atoms with Crippen molar-refractivity contribution in [2.24, 2.45) is 0 Å². The second-order valence-electron chi connectivity index (χ2n) is 0.0833. The summed E-state index contributed by atoms with van der Waals surface area (Å²) in [5.74, 6) is 0. The van der Waals surface area contributed by atoms with Crippen LogP contribution in [0.1, 0.15) is 7.43 Å². The van der Waals surface area contributed by atoms with Gasteiger partial charge in [0.1, 0.15) is 0 Å². The van der Waals surface area contributed by atoms with Crippen LogP contribution < -0.4 is 0 Å². The molecule has 0 unspecified atom stereocenters. The molecule has 0 aromatic rings. The van der Waals surface area contributed by atoms with Gasteiger partial charge in [0.25, 0.3) is 0 Å². The number of hydrogen-bond acceptors (Lipinski definition) is 2. The molecule has 0 spiro atoms. The summed E-state index contributed by atoms with van der Waals surface area (Å²) in [6.07, 6.45) is 0. The number of rotatable bonds is 0. The largest absolute Gasteiger partial charge is 0.549 e. The zero-order chi connectivity index (χ0) is 2.71. The molecule has 2 nitrogen and oxygen atoms in total. The van der Waals surface area contributed by atoms with E-state index in [1.54, 1.807) is 0 Å². The Hall–Kier alpha value is 0.0338. The molecular formula is CH4O2Si2. The maximum Gasteiger partial charge on any atom is 0.549 e. The summed E-state index contributed by atoms with van der Waals surface area (Å²) in [5.41, 5.74) is 0. The normalized spacial score (nSPS) is 1.60. The fourth-order valence-electron chi connectivity index (χ4n) is 0. The van der Waals surface area contributed by atoms with Crippen molar-refractivity contribution >= 4 is 20.3 Å². The van der Waals surface area contributed by atoms with Gasteiger partial charge in [-0.05, 0) is 0 Å². The summed E-state index contributed by atoms with van der Waals surface area (Å²) in [4.78, 5) is 0. The lowest BCUT2D eigenvalue weighted by molar-refractivity contribution is 0.497. The van der Waals surface area contributed by atoms with Crippen molar-refractivity contribution in [2.45, 2.75) is 7.43 Å². The van der Waals surface area contributed by atoms with Crippen molar-refractivity contribution in [1.82, 2.24) is 0 Å². The lowest BCUT2D eigenvalue weighted by Crippen LogP contribution is -1.26. The predicted molar refractivity (Wildman–Crippen MR) is 19.6 cm³/mol. The van der Waals surface area contributed by atoms with Gasteiger partial charge in [-0.1, -0.05) is 7.43 Å². The Bertz CT molecular complexity index is 28.6. The monoisotopic (exact) mass is 104 g/mol. The fraction of sp³-hybridized carbons (Fsp3) is 1.00. The molecule has 0 saturated carbocycles. The molecule has 28 valence electrons. The quantitative estimate of drug-likeness (QED) is 0.393. The van der Waals surface area contributed by atoms with Crippen LogP contribution in [-0.4, -0.2) is 20.3 Å². The van der Waals surface area contributed by atoms with Crippen LogP contribution in [0, 0.1) is 0 Å². The van der Waals surface area contributed by atoms with Crippen molar-refractivity contribution in [3.8, 4) is 0 Å². The lowest BCUT2D eigenvalue weighted by Gasteiger charge is -0.944. The summed E-state index contributed by atoms with van der Waals surface area (Å²) in [6, 6.07) is 0. The van der Waals surface area contributed by atoms with Crippen LogP contribution in [0.5, 0.6) is 0 Å². The second-order valence-corrected chi connectivity index (χ2v) is 0.250. The van der Waals surface area contributed by atoms with E-state index >= 15 is 0 Å². The predicted octanol–water partition coefficient (Wildman–Crippen LogP) is -0.363. The highest BCUT2D eigenvalue weighted by Crippen LogP contribution is 0.759. The van der Waals surface area contributed by atoms with Crippen molar-refractivity contribution < 1.29 is 8.92 Å². The van der Waals surface area contributed by atoms with Crippen molar-refractivity contribution in [3.63, 3.8) is 0 Å². The van der Waals surface area contributed by atoms with Gasteiger partial charge in [0, 0.05) is 11.0 Å². The first-order valence-corrected chi connectivity index (χ1v) is 1.22. The van der Waals surface area contributed by atoms with Gasteiger partial charge in [-0.2, -0.15) is 0 Å². The van der Waals surface area contributed by atoms with Crippen LogP contribution in [0.4, 0.5) is 0 Å². The van der Waals surface area contributed by atoms with Crippen molar-refractivity contribution in [3.05, 3.63) is 0 Å². The Kier molecular flexibility index (Phi) is 138. The molecule has 4 heteroatoms. The summed E-state index contributed by atoms with van der Waals surface area (Å²) >= 11 is 0. The zero-order valence-corrected chi connectivity index (χ0v) is 3.82. The molecule has 0 atom stereocenters. The first-order chi connectivity index (χ1) is 1.41. The summed E-state index contributed by atoms with van der Waals surface area (Å²) in [5, 5.41) is 0. The van der Waals surface area contributed by atoms with Gasteiger partial charge >= 0.3 is 9.29 Å². The van der Waals surface area contributed by atoms with E-state index in [4.69, 9.17) is 8.92 Å². The first-order valence-electron chi connectivity index (χ1n) is 0.408. The first kappa shape index (κ1) is 19.8. The van der Waals surface area contributed by atoms with Gasteiger partial charge in [0.15, 0.2) is 0 Å². The van der Waals surface area contributed by atoms with E-state index in [2.05, 4.69) is 0 Å². The molecule has 0 amide bonds. The fourth-order valence-corrected chi connectivity index (χ4v) is 0. The van der Waals surface area contributed by atoms with E-state index in [0.717, 1.165) is 0 Å². The maximum atomic E-state index is 8.40. The van der Waals surface area contributed by atoms with Crippen LogP contribution in [-0.2, 0) is 8.92 Å². The second kappa shape index (κ2) is 34.7. The standard InChI is InChI=1S/CH4.O2Si.Si/c;1-3-2;/h1H4;;. The van der Waals surface area contributed by atoms with Crippen LogP contribution in [0.2, 0.25) is 0 Å². The molecule has 0 saturated heterocycles. The topological polar surface area (TPSA) is 34.1 Å². The van der Waals surface area contributed by atoms with E-state index in [9.17, 15) is 0 Å². The Morgan fingerprint density at radius 1 is 1.20 bits per heavy atom. The molecule has 5 heavy (non-hydrogen) atoms. The zero-order valence-electron chi connectivity index (χ0n) is 1.82. The Morgan fingerprint density at radius 3 is 1.20 bits per heavy atom. The minimum Gasteiger partial charge on any atom is -0.274 e. The Labute approximate surface area is 37.5 Å². The molecule has 0 aliphatic carbocycles. The highest BCUT2D eigenvalue weighted by molar-refractivity contribution is 5.94. The SMILES string of the molecule is C.O=[Si]=O.[Si]. The third-order valence-electron chi connectivity index (χ3n) is 0. The molecule has 0 aliphatic heterocycles. The van der Waals surface area contributed by atoms with Gasteiger partial charge in [0.05, 0.1) is 0 Å². The molecular weight excluding hydrogens is 100 g/mol. The minimum absolute atomic E-state index is 0. The molecule has 0 N–H and O–H groups in total. The molecule has 0 rings (SSSR count). The van der Waals surface area contributed by atoms with Gasteiger partial charge in [-0.3, -0.25) is 8.92 Å². The summed E-state index contributed by atoms with van der Waals surface area (Å²) in [6.45, 7) is 0. The Balaban J connectivity index is -0.0000000200. The average molecular weight is 104 g/mol. The highest BCUT2D eigenvalue weighted by Gasteiger charge is 1.22. The molecule has 0 heterocycles. The van der Waals surface area contributed by atoms with E-state index < -0.39 is 9.29 Å². The molecule has 0 aromatic carbocycles. The van der Waals surface area contributed by atoms with Crippen molar-refractivity contribution in [1.29, 1.82) is 0 Å². The average Bonchev–Trinajstić information content (AvgIpc) is 0.918. The van der Waals surface area contributed by atoms with Crippen LogP contribution in [0.15, 0.2) is 0 Å². The molecule has 0 aromatic heterocycles. The van der Waals surface area contributed by atoms with Gasteiger partial charge in [0.2, 0.25) is 0 Å². The van der Waals surface area contributed by atoms with Gasteiger partial charge in [-0.25, -0.2) is 0 Å². The van der Waals surface area contributed by atoms with E-state index in [1.165, 1.54) is 0 Å². The number of hydrogen-bond donors (Lipinski definition) is 0. The van der Waals surface area contributed by atoms with E-state index in [-0.39, 0.29) is 18.4 Å². The van der Waals surface area contributed by atoms with E-state index in [0.29, 0.717) is 0 Å². The van der Waals surface area contributed by atoms with Gasteiger partial charge in [-0.15, -0.1) is 0 Å². The summed E-state index contributed by atoms with van der Waals surface area (Å²) in [7, 11) is -1.42. The molecule has 4 radical (unpaired) electrons. The smallest absolute Gasteiger partial charge is 0.274 e. The molecule has 0 aliphatic rings. The third-order valence-corrected chi connectivity index (χ3v) is 0. The highest BCUT2D eigenvalue weighted by atomic mass is 28.2. The van der Waals surface area contributed by atoms with Crippen LogP contribution in [0.3, 0.4) is 0 Å². The lowest BCUT2D eigenvalue weighted by atomic mass is 12.0. The van der Waals surface area contributed by atoms with Crippen LogP contribution >= 0.6 is 0 Å². The van der Waals surface area contributed by atoms with Gasteiger partial charge < -0.3 is 0 Å². The van der Waals surface area contributed by atoms with Crippen LogP contribution in [0.25, 0.3) is 0 Å². The van der Waals surface area contributed by atoms with Crippen molar-refractivity contribution in [2.75, 3.05) is 0 Å². The van der Waals surface area contributed by atoms with E-state index in [1.807, 2.05) is 0 Å².